The quantitative estimate of drug-likeness (QED) is 0.766. The van der Waals surface area contributed by atoms with Crippen LogP contribution >= 0.6 is 0 Å². The monoisotopic (exact) mass is 254 g/mol. The standard InChI is InChI=1S/C12H16BFO4/c14-9-4-5-12(11(7-9)13(15)16)18-8-10-3-1-2-6-17-10/h4-5,7,10,15-16H,1-3,6,8H2/t10-/m1/s1. The molecule has 2 N–H and O–H groups in total. The molecule has 6 heteroatoms. The summed E-state index contributed by atoms with van der Waals surface area (Å²) < 4.78 is 24.0. The predicted molar refractivity (Wildman–Crippen MR) is 65.3 cm³/mol. The van der Waals surface area contributed by atoms with Gasteiger partial charge in [0.1, 0.15) is 18.2 Å². The number of ether oxygens (including phenoxy) is 2. The lowest BCUT2D eigenvalue weighted by molar-refractivity contribution is -0.0109. The molecule has 18 heavy (non-hydrogen) atoms. The Kier molecular flexibility index (Phi) is 4.57. The Bertz CT molecular complexity index is 394. The van der Waals surface area contributed by atoms with E-state index in [-0.39, 0.29) is 17.3 Å². The molecule has 1 aromatic carbocycles. The summed E-state index contributed by atoms with van der Waals surface area (Å²) >= 11 is 0. The Morgan fingerprint density at radius 1 is 1.39 bits per heavy atom. The lowest BCUT2D eigenvalue weighted by Gasteiger charge is -2.23. The Hall–Kier alpha value is -1.11. The van der Waals surface area contributed by atoms with Gasteiger partial charge in [-0.05, 0) is 37.5 Å². The van der Waals surface area contributed by atoms with E-state index in [2.05, 4.69) is 0 Å². The molecule has 1 aliphatic rings. The second kappa shape index (κ2) is 6.18. The number of halogens is 1. The summed E-state index contributed by atoms with van der Waals surface area (Å²) in [6, 6.07) is 3.68. The molecule has 1 saturated heterocycles. The molecule has 0 unspecified atom stereocenters. The highest BCUT2D eigenvalue weighted by Gasteiger charge is 2.20. The van der Waals surface area contributed by atoms with Gasteiger partial charge in [0.15, 0.2) is 0 Å². The highest BCUT2D eigenvalue weighted by Crippen LogP contribution is 2.15. The van der Waals surface area contributed by atoms with Gasteiger partial charge in [-0.25, -0.2) is 4.39 Å². The van der Waals surface area contributed by atoms with Crippen LogP contribution in [0.3, 0.4) is 0 Å². The Balaban J connectivity index is 1.99. The molecule has 0 aromatic heterocycles. The number of rotatable bonds is 4. The molecule has 1 aromatic rings. The molecule has 0 spiro atoms. The average Bonchev–Trinajstić information content (AvgIpc) is 2.38. The van der Waals surface area contributed by atoms with E-state index in [1.165, 1.54) is 12.1 Å². The van der Waals surface area contributed by atoms with Gasteiger partial charge in [-0.3, -0.25) is 0 Å². The van der Waals surface area contributed by atoms with E-state index in [0.29, 0.717) is 6.61 Å². The lowest BCUT2D eigenvalue weighted by Crippen LogP contribution is -2.33. The Labute approximate surface area is 105 Å². The Morgan fingerprint density at radius 2 is 2.22 bits per heavy atom. The zero-order valence-corrected chi connectivity index (χ0v) is 10.0. The van der Waals surface area contributed by atoms with Crippen molar-refractivity contribution >= 4 is 12.6 Å². The first-order valence-corrected chi connectivity index (χ1v) is 6.07. The SMILES string of the molecule is OB(O)c1cc(F)ccc1OC[C@H]1CCCCO1. The van der Waals surface area contributed by atoms with E-state index < -0.39 is 12.9 Å². The molecule has 1 aliphatic heterocycles. The fraction of sp³-hybridized carbons (Fsp3) is 0.500. The third-order valence-electron chi connectivity index (χ3n) is 2.95. The minimum atomic E-state index is -1.75. The summed E-state index contributed by atoms with van der Waals surface area (Å²) in [5.41, 5.74) is 0.0332. The van der Waals surface area contributed by atoms with Gasteiger partial charge in [0.05, 0.1) is 6.10 Å². The molecule has 2 rings (SSSR count). The van der Waals surface area contributed by atoms with Crippen molar-refractivity contribution in [1.82, 2.24) is 0 Å². The van der Waals surface area contributed by atoms with Crippen LogP contribution < -0.4 is 10.2 Å². The van der Waals surface area contributed by atoms with Gasteiger partial charge >= 0.3 is 7.12 Å². The van der Waals surface area contributed by atoms with Crippen molar-refractivity contribution in [3.05, 3.63) is 24.0 Å². The molecule has 98 valence electrons. The van der Waals surface area contributed by atoms with Gasteiger partial charge in [-0.1, -0.05) is 0 Å². The number of benzene rings is 1. The average molecular weight is 254 g/mol. The summed E-state index contributed by atoms with van der Waals surface area (Å²) in [5, 5.41) is 18.3. The van der Waals surface area contributed by atoms with Crippen LogP contribution in [0.5, 0.6) is 5.75 Å². The summed E-state index contributed by atoms with van der Waals surface area (Å²) in [7, 11) is -1.75. The van der Waals surface area contributed by atoms with Crippen molar-refractivity contribution in [2.75, 3.05) is 13.2 Å². The fourth-order valence-corrected chi connectivity index (χ4v) is 1.97. The van der Waals surface area contributed by atoms with Crippen molar-refractivity contribution in [2.45, 2.75) is 25.4 Å². The minimum Gasteiger partial charge on any atom is -0.491 e. The topological polar surface area (TPSA) is 58.9 Å². The van der Waals surface area contributed by atoms with E-state index in [0.717, 1.165) is 31.9 Å². The molecule has 1 fully saturated rings. The first-order valence-electron chi connectivity index (χ1n) is 6.07. The van der Waals surface area contributed by atoms with E-state index in [1.807, 2.05) is 0 Å². The first-order chi connectivity index (χ1) is 8.66. The molecule has 0 amide bonds. The summed E-state index contributed by atoms with van der Waals surface area (Å²) in [4.78, 5) is 0. The van der Waals surface area contributed by atoms with Gasteiger partial charge in [0.25, 0.3) is 0 Å². The number of hydrogen-bond donors (Lipinski definition) is 2. The molecule has 0 bridgehead atoms. The normalized spacial score (nSPS) is 19.6. The van der Waals surface area contributed by atoms with E-state index in [1.54, 1.807) is 0 Å². The van der Waals surface area contributed by atoms with Crippen molar-refractivity contribution in [1.29, 1.82) is 0 Å². The molecule has 0 radical (unpaired) electrons. The maximum Gasteiger partial charge on any atom is 0.492 e. The van der Waals surface area contributed by atoms with Gasteiger partial charge in [-0.2, -0.15) is 0 Å². The molecule has 0 aliphatic carbocycles. The third kappa shape index (κ3) is 3.44. The van der Waals surface area contributed by atoms with E-state index >= 15 is 0 Å². The number of hydrogen-bond acceptors (Lipinski definition) is 4. The smallest absolute Gasteiger partial charge is 0.491 e. The summed E-state index contributed by atoms with van der Waals surface area (Å²) in [6.07, 6.45) is 3.12. The Morgan fingerprint density at radius 3 is 2.89 bits per heavy atom. The van der Waals surface area contributed by atoms with Crippen LogP contribution in [0.25, 0.3) is 0 Å². The van der Waals surface area contributed by atoms with Gasteiger partial charge in [0, 0.05) is 12.1 Å². The van der Waals surface area contributed by atoms with Gasteiger partial charge < -0.3 is 19.5 Å². The predicted octanol–water partition coefficient (Wildman–Crippen LogP) is 0.453. The van der Waals surface area contributed by atoms with Crippen molar-refractivity contribution in [3.8, 4) is 5.75 Å². The van der Waals surface area contributed by atoms with Crippen LogP contribution in [0.15, 0.2) is 18.2 Å². The first kappa shape index (κ1) is 13.3. The highest BCUT2D eigenvalue weighted by atomic mass is 19.1. The molecule has 0 saturated carbocycles. The van der Waals surface area contributed by atoms with Crippen LogP contribution in [0.1, 0.15) is 19.3 Å². The zero-order valence-electron chi connectivity index (χ0n) is 10.0. The van der Waals surface area contributed by atoms with E-state index in [4.69, 9.17) is 19.5 Å². The van der Waals surface area contributed by atoms with Crippen LogP contribution in [-0.4, -0.2) is 36.5 Å². The molecule has 1 heterocycles. The zero-order chi connectivity index (χ0) is 13.0. The van der Waals surface area contributed by atoms with Crippen LogP contribution in [0.4, 0.5) is 4.39 Å². The second-order valence-corrected chi connectivity index (χ2v) is 4.36. The van der Waals surface area contributed by atoms with Crippen molar-refractivity contribution < 1.29 is 23.9 Å². The van der Waals surface area contributed by atoms with Gasteiger partial charge in [-0.15, -0.1) is 0 Å². The maximum atomic E-state index is 13.0. The van der Waals surface area contributed by atoms with Crippen LogP contribution in [-0.2, 0) is 4.74 Å². The molecule has 1 atom stereocenters. The molecular weight excluding hydrogens is 238 g/mol. The maximum absolute atomic E-state index is 13.0. The second-order valence-electron chi connectivity index (χ2n) is 4.36. The van der Waals surface area contributed by atoms with Crippen LogP contribution in [0.2, 0.25) is 0 Å². The van der Waals surface area contributed by atoms with Crippen LogP contribution in [0, 0.1) is 5.82 Å². The van der Waals surface area contributed by atoms with E-state index in [9.17, 15) is 4.39 Å². The third-order valence-corrected chi connectivity index (χ3v) is 2.95. The molecule has 4 nitrogen and oxygen atoms in total. The molecular formula is C12H16BFO4. The summed E-state index contributed by atoms with van der Waals surface area (Å²) in [5.74, 6) is -0.250. The fourth-order valence-electron chi connectivity index (χ4n) is 1.97. The van der Waals surface area contributed by atoms with Crippen molar-refractivity contribution in [2.24, 2.45) is 0 Å². The van der Waals surface area contributed by atoms with Crippen molar-refractivity contribution in [3.63, 3.8) is 0 Å². The minimum absolute atomic E-state index is 0.0208. The largest absolute Gasteiger partial charge is 0.492 e. The van der Waals surface area contributed by atoms with Gasteiger partial charge in [0.2, 0.25) is 0 Å². The highest BCUT2D eigenvalue weighted by molar-refractivity contribution is 6.59. The lowest BCUT2D eigenvalue weighted by atomic mass is 9.79. The summed E-state index contributed by atoms with van der Waals surface area (Å²) in [6.45, 7) is 1.07.